The maximum atomic E-state index is 14.2. The van der Waals surface area contributed by atoms with Gasteiger partial charge in [0.2, 0.25) is 11.3 Å². The Balaban J connectivity index is 3.54. The maximum absolute atomic E-state index is 14.2. The Hall–Kier alpha value is -1.12. The average molecular weight is 537 g/mol. The van der Waals surface area contributed by atoms with Crippen LogP contribution in [0.15, 0.2) is 24.3 Å². The third-order valence-corrected chi connectivity index (χ3v) is 10.7. The number of amides is 1. The summed E-state index contributed by atoms with van der Waals surface area (Å²) in [5.41, 5.74) is 1.11. The van der Waals surface area contributed by atoms with E-state index in [4.69, 9.17) is 30.3 Å². The number of thiocarbonyl (C=S) groups is 1. The van der Waals surface area contributed by atoms with Crippen LogP contribution in [0.5, 0.6) is 0 Å². The number of carbonyl (C=O) groups is 1. The molecule has 34 heavy (non-hydrogen) atoms. The molecule has 194 valence electrons. The number of anilines is 2. The molecule has 1 aromatic rings. The molecule has 12 heteroatoms. The van der Waals surface area contributed by atoms with Crippen LogP contribution in [0.3, 0.4) is 0 Å². The molecule has 0 aromatic heterocycles. The first-order chi connectivity index (χ1) is 15.6. The van der Waals surface area contributed by atoms with Crippen LogP contribution in [-0.4, -0.2) is 40.7 Å². The topological polar surface area (TPSA) is 112 Å². The van der Waals surface area contributed by atoms with E-state index < -0.39 is 45.0 Å². The van der Waals surface area contributed by atoms with Gasteiger partial charge in [0, 0.05) is 18.3 Å². The molecule has 0 radical (unpaired) electrons. The first-order valence-corrected chi connectivity index (χ1v) is 14.8. The lowest BCUT2D eigenvalue weighted by Crippen LogP contribution is -2.32. The number of benzene rings is 1. The van der Waals surface area contributed by atoms with Gasteiger partial charge in [-0.25, -0.2) is 0 Å². The number of rotatable bonds is 13. The molecule has 0 saturated heterocycles. The van der Waals surface area contributed by atoms with Crippen molar-refractivity contribution in [2.24, 2.45) is 0 Å². The molecular formula is C22H38N2O7P2S. The van der Waals surface area contributed by atoms with Crippen molar-refractivity contribution >= 4 is 49.7 Å². The van der Waals surface area contributed by atoms with Gasteiger partial charge in [0.05, 0.1) is 24.4 Å². The highest BCUT2D eigenvalue weighted by atomic mass is 32.1. The Morgan fingerprint density at radius 1 is 0.706 bits per heavy atom. The molecule has 1 aromatic carbocycles. The molecule has 0 heterocycles. The SMILES string of the molecule is CC(=O)Nc1ccc(NC(=S)C(P(=O)(OC(C)C)OC(C)C)P(=O)(OC(C)C)OC(C)C)cc1. The lowest BCUT2D eigenvalue weighted by Gasteiger charge is -2.35. The molecule has 0 atom stereocenters. The van der Waals surface area contributed by atoms with Crippen LogP contribution in [0, 0.1) is 0 Å². The molecule has 1 amide bonds. The fourth-order valence-corrected chi connectivity index (χ4v) is 9.51. The molecule has 1 rings (SSSR count). The molecule has 0 aliphatic carbocycles. The molecule has 0 unspecified atom stereocenters. The Morgan fingerprint density at radius 3 is 1.26 bits per heavy atom. The number of hydrogen-bond donors (Lipinski definition) is 2. The standard InChI is InChI=1S/C22H38N2O7P2S/c1-14(2)28-32(26,29-15(3)4)22(33(27,30-16(5)6)31-17(7)8)21(34)24-20-12-10-19(11-13-20)23-18(9)25/h10-17,22H,1-9H3,(H,23,25)(H,24,34). The summed E-state index contributed by atoms with van der Waals surface area (Å²) in [6.07, 6.45) is -2.06. The summed E-state index contributed by atoms with van der Waals surface area (Å²) in [4.78, 5) is 11.2. The van der Waals surface area contributed by atoms with Crippen molar-refractivity contribution in [1.29, 1.82) is 0 Å². The van der Waals surface area contributed by atoms with Crippen molar-refractivity contribution in [1.82, 2.24) is 0 Å². The van der Waals surface area contributed by atoms with Crippen LogP contribution in [0.1, 0.15) is 62.3 Å². The van der Waals surface area contributed by atoms with Crippen LogP contribution in [0.2, 0.25) is 0 Å². The zero-order chi connectivity index (χ0) is 26.3. The van der Waals surface area contributed by atoms with Crippen LogP contribution < -0.4 is 10.6 Å². The second kappa shape index (κ2) is 13.3. The predicted molar refractivity (Wildman–Crippen MR) is 141 cm³/mol. The minimum atomic E-state index is -4.17. The van der Waals surface area contributed by atoms with E-state index in [1.807, 2.05) is 0 Å². The van der Waals surface area contributed by atoms with E-state index in [-0.39, 0.29) is 10.9 Å². The minimum Gasteiger partial charge on any atom is -0.349 e. The Labute approximate surface area is 208 Å². The summed E-state index contributed by atoms with van der Waals surface area (Å²) in [5, 5.41) is 4.14. The lowest BCUT2D eigenvalue weighted by molar-refractivity contribution is -0.114. The van der Waals surface area contributed by atoms with Gasteiger partial charge in [-0.2, -0.15) is 0 Å². The summed E-state index contributed by atoms with van der Waals surface area (Å²) in [5.74, 6) is -0.202. The van der Waals surface area contributed by atoms with Crippen molar-refractivity contribution in [3.05, 3.63) is 24.3 Å². The first kappa shape index (κ1) is 30.9. The molecule has 0 bridgehead atoms. The predicted octanol–water partition coefficient (Wildman–Crippen LogP) is 6.80. The first-order valence-electron chi connectivity index (χ1n) is 11.2. The Morgan fingerprint density at radius 2 is 1.00 bits per heavy atom. The minimum absolute atomic E-state index is 0.0680. The van der Waals surface area contributed by atoms with Crippen molar-refractivity contribution < 1.29 is 32.0 Å². The summed E-state index contributed by atoms with van der Waals surface area (Å²) in [6.45, 7) is 15.0. The van der Waals surface area contributed by atoms with E-state index in [2.05, 4.69) is 10.6 Å². The maximum Gasteiger partial charge on any atom is 0.353 e. The van der Waals surface area contributed by atoms with Gasteiger partial charge in [0.15, 0.2) is 0 Å². The van der Waals surface area contributed by atoms with Gasteiger partial charge in [-0.3, -0.25) is 13.9 Å². The second-order valence-corrected chi connectivity index (χ2v) is 13.7. The number of nitrogens with one attached hydrogen (secondary N) is 2. The molecule has 0 saturated carbocycles. The zero-order valence-corrected chi connectivity index (χ0v) is 24.0. The number of hydrogen-bond acceptors (Lipinski definition) is 8. The van der Waals surface area contributed by atoms with E-state index in [1.165, 1.54) is 6.92 Å². The van der Waals surface area contributed by atoms with Gasteiger partial charge < -0.3 is 28.7 Å². The van der Waals surface area contributed by atoms with Crippen LogP contribution in [0.25, 0.3) is 0 Å². The van der Waals surface area contributed by atoms with Gasteiger partial charge in [-0.1, -0.05) is 12.2 Å². The fourth-order valence-electron chi connectivity index (χ4n) is 2.96. The molecule has 0 aliphatic heterocycles. The number of carbonyl (C=O) groups excluding carboxylic acids is 1. The zero-order valence-electron chi connectivity index (χ0n) is 21.4. The van der Waals surface area contributed by atoms with E-state index in [1.54, 1.807) is 79.7 Å². The van der Waals surface area contributed by atoms with Crippen molar-refractivity contribution in [2.45, 2.75) is 92.1 Å². The smallest absolute Gasteiger partial charge is 0.349 e. The van der Waals surface area contributed by atoms with Gasteiger partial charge in [0.1, 0.15) is 4.99 Å². The average Bonchev–Trinajstić information content (AvgIpc) is 2.59. The van der Waals surface area contributed by atoms with Crippen LogP contribution >= 0.6 is 27.4 Å². The Bertz CT molecular complexity index is 854. The van der Waals surface area contributed by atoms with Gasteiger partial charge in [0.25, 0.3) is 0 Å². The third-order valence-electron chi connectivity index (χ3n) is 3.74. The van der Waals surface area contributed by atoms with Gasteiger partial charge in [-0.15, -0.1) is 0 Å². The van der Waals surface area contributed by atoms with E-state index in [9.17, 15) is 13.9 Å². The third kappa shape index (κ3) is 9.86. The molecule has 0 fully saturated rings. The van der Waals surface area contributed by atoms with Gasteiger partial charge >= 0.3 is 15.2 Å². The van der Waals surface area contributed by atoms with Gasteiger partial charge in [-0.05, 0) is 79.7 Å². The van der Waals surface area contributed by atoms with Crippen molar-refractivity contribution in [3.63, 3.8) is 0 Å². The summed E-state index contributed by atoms with van der Waals surface area (Å²) in [6, 6.07) is 6.68. The normalized spacial score (nSPS) is 12.8. The summed E-state index contributed by atoms with van der Waals surface area (Å²) in [7, 11) is -8.34. The van der Waals surface area contributed by atoms with Crippen molar-refractivity contribution in [3.8, 4) is 0 Å². The summed E-state index contributed by atoms with van der Waals surface area (Å²) >= 11 is 5.62. The molecular weight excluding hydrogens is 498 g/mol. The highest BCUT2D eigenvalue weighted by Crippen LogP contribution is 2.72. The lowest BCUT2D eigenvalue weighted by atomic mass is 10.3. The van der Waals surface area contributed by atoms with E-state index in [0.29, 0.717) is 11.4 Å². The van der Waals surface area contributed by atoms with Crippen molar-refractivity contribution in [2.75, 3.05) is 10.6 Å². The molecule has 9 nitrogen and oxygen atoms in total. The fraction of sp³-hybridized carbons (Fsp3) is 0.636. The molecule has 0 aliphatic rings. The summed E-state index contributed by atoms with van der Waals surface area (Å²) < 4.78 is 51.5. The molecule has 2 N–H and O–H groups in total. The van der Waals surface area contributed by atoms with Crippen LogP contribution in [0.4, 0.5) is 11.4 Å². The highest BCUT2D eigenvalue weighted by Gasteiger charge is 2.55. The monoisotopic (exact) mass is 536 g/mol. The quantitative estimate of drug-likeness (QED) is 0.208. The van der Waals surface area contributed by atoms with E-state index in [0.717, 1.165) is 0 Å². The second-order valence-electron chi connectivity index (χ2n) is 8.82. The van der Waals surface area contributed by atoms with Crippen LogP contribution in [-0.2, 0) is 32.0 Å². The largest absolute Gasteiger partial charge is 0.353 e. The highest BCUT2D eigenvalue weighted by molar-refractivity contribution is 7.85. The Kier molecular flexibility index (Phi) is 12.1. The molecule has 0 spiro atoms. The van der Waals surface area contributed by atoms with E-state index >= 15 is 0 Å².